The fourth-order valence-electron chi connectivity index (χ4n) is 1.58. The second-order valence-corrected chi connectivity index (χ2v) is 4.00. The molecular weight excluding hydrogens is 172 g/mol. The Bertz CT molecular complexity index is 174. The second kappa shape index (κ2) is 4.16. The van der Waals surface area contributed by atoms with Crippen molar-refractivity contribution in [2.75, 3.05) is 13.1 Å². The Labute approximate surface area is 78.5 Å². The Morgan fingerprint density at radius 1 is 1.67 bits per heavy atom. The number of hydrogen-bond donors (Lipinski definition) is 2. The first-order valence-corrected chi connectivity index (χ1v) is 4.71. The van der Waals surface area contributed by atoms with Crippen molar-refractivity contribution < 1.29 is 5.11 Å². The Hall–Kier alpha value is -0.190. The predicted molar refractivity (Wildman–Crippen MR) is 53.1 cm³/mol. The fourth-order valence-corrected chi connectivity index (χ4v) is 1.74. The normalized spacial score (nSPS) is 31.8. The van der Waals surface area contributed by atoms with E-state index in [1.807, 2.05) is 0 Å². The third kappa shape index (κ3) is 2.69. The maximum Gasteiger partial charge on any atom is 0.0870 e. The molecule has 0 amide bonds. The zero-order chi connectivity index (χ0) is 9.14. The van der Waals surface area contributed by atoms with Gasteiger partial charge in [-0.3, -0.25) is 4.90 Å². The van der Waals surface area contributed by atoms with Gasteiger partial charge in [-0.05, 0) is 19.8 Å². The summed E-state index contributed by atoms with van der Waals surface area (Å²) in [6.45, 7) is 3.48. The van der Waals surface area contributed by atoms with E-state index in [9.17, 15) is 5.11 Å². The molecule has 12 heavy (non-hydrogen) atoms. The number of nitrogens with zero attached hydrogens (tertiary/aromatic N) is 1. The van der Waals surface area contributed by atoms with Crippen LogP contribution in [0.25, 0.3) is 0 Å². The highest BCUT2D eigenvalue weighted by Gasteiger charge is 2.23. The number of likely N-dealkylation sites (tertiary alicyclic amines) is 1. The van der Waals surface area contributed by atoms with Crippen molar-refractivity contribution in [2.45, 2.75) is 31.9 Å². The molecule has 4 heteroatoms. The van der Waals surface area contributed by atoms with Gasteiger partial charge in [0.25, 0.3) is 0 Å². The third-order valence-corrected chi connectivity index (χ3v) is 2.47. The molecule has 0 aromatic carbocycles. The van der Waals surface area contributed by atoms with Gasteiger partial charge in [-0.15, -0.1) is 0 Å². The van der Waals surface area contributed by atoms with Crippen LogP contribution in [0.5, 0.6) is 0 Å². The summed E-state index contributed by atoms with van der Waals surface area (Å²) < 4.78 is 0. The number of piperidine rings is 1. The minimum atomic E-state index is -0.199. The lowest BCUT2D eigenvalue weighted by atomic mass is 10.0. The van der Waals surface area contributed by atoms with Crippen molar-refractivity contribution in [3.8, 4) is 0 Å². The molecule has 1 heterocycles. The van der Waals surface area contributed by atoms with Crippen molar-refractivity contribution >= 4 is 17.2 Å². The molecular formula is C8H16N2OS. The van der Waals surface area contributed by atoms with Crippen molar-refractivity contribution in [3.05, 3.63) is 0 Å². The number of nitrogens with two attached hydrogens (primary N) is 1. The summed E-state index contributed by atoms with van der Waals surface area (Å²) in [6.07, 6.45) is 1.73. The van der Waals surface area contributed by atoms with Gasteiger partial charge in [0.1, 0.15) is 0 Å². The maximum atomic E-state index is 9.38. The van der Waals surface area contributed by atoms with Crippen molar-refractivity contribution in [2.24, 2.45) is 5.73 Å². The van der Waals surface area contributed by atoms with E-state index < -0.39 is 0 Å². The number of aliphatic hydroxyl groups is 1. The summed E-state index contributed by atoms with van der Waals surface area (Å²) in [6, 6.07) is 0.495. The average Bonchev–Trinajstić information content (AvgIpc) is 1.96. The van der Waals surface area contributed by atoms with Crippen molar-refractivity contribution in [1.82, 2.24) is 4.90 Å². The summed E-state index contributed by atoms with van der Waals surface area (Å²) in [5.74, 6) is 0. The van der Waals surface area contributed by atoms with E-state index >= 15 is 0 Å². The number of β-amino-alcohol motifs (C(OH)–C–C–N with tert-alkyl or cyclic N) is 1. The molecule has 0 radical (unpaired) electrons. The number of rotatable bonds is 2. The van der Waals surface area contributed by atoms with Crippen LogP contribution >= 0.6 is 12.2 Å². The highest BCUT2D eigenvalue weighted by molar-refractivity contribution is 7.80. The molecule has 1 rings (SSSR count). The van der Waals surface area contributed by atoms with E-state index in [4.69, 9.17) is 18.0 Å². The van der Waals surface area contributed by atoms with E-state index in [-0.39, 0.29) is 6.10 Å². The summed E-state index contributed by atoms with van der Waals surface area (Å²) in [7, 11) is 0. The van der Waals surface area contributed by atoms with Gasteiger partial charge in [0.05, 0.1) is 11.1 Å². The standard InChI is InChI=1S/C8H16N2OS/c1-6-2-3-7(11)4-10(6)5-8(9)12/h6-7,11H,2-5H2,1H3,(H2,9,12). The topological polar surface area (TPSA) is 49.5 Å². The number of hydrogen-bond acceptors (Lipinski definition) is 3. The minimum Gasteiger partial charge on any atom is -0.392 e. The molecule has 1 aliphatic heterocycles. The molecule has 2 unspecified atom stereocenters. The lowest BCUT2D eigenvalue weighted by molar-refractivity contribution is 0.0507. The van der Waals surface area contributed by atoms with Gasteiger partial charge >= 0.3 is 0 Å². The Morgan fingerprint density at radius 2 is 2.33 bits per heavy atom. The summed E-state index contributed by atoms with van der Waals surface area (Å²) in [5.41, 5.74) is 5.44. The van der Waals surface area contributed by atoms with E-state index in [1.165, 1.54) is 0 Å². The average molecular weight is 188 g/mol. The molecule has 3 nitrogen and oxygen atoms in total. The molecule has 1 aliphatic rings. The van der Waals surface area contributed by atoms with Crippen LogP contribution < -0.4 is 5.73 Å². The van der Waals surface area contributed by atoms with Gasteiger partial charge < -0.3 is 10.8 Å². The zero-order valence-corrected chi connectivity index (χ0v) is 8.18. The molecule has 3 N–H and O–H groups in total. The lowest BCUT2D eigenvalue weighted by Gasteiger charge is -2.35. The largest absolute Gasteiger partial charge is 0.392 e. The molecule has 0 aromatic heterocycles. The van der Waals surface area contributed by atoms with Gasteiger partial charge in [-0.25, -0.2) is 0 Å². The van der Waals surface area contributed by atoms with Crippen LogP contribution in [0.2, 0.25) is 0 Å². The molecule has 2 atom stereocenters. The summed E-state index contributed by atoms with van der Waals surface area (Å²) in [5, 5.41) is 9.38. The van der Waals surface area contributed by atoms with Gasteiger partial charge in [-0.1, -0.05) is 12.2 Å². The Kier molecular flexibility index (Phi) is 3.43. The van der Waals surface area contributed by atoms with E-state index in [1.54, 1.807) is 0 Å². The van der Waals surface area contributed by atoms with Crippen LogP contribution in [0.1, 0.15) is 19.8 Å². The minimum absolute atomic E-state index is 0.199. The van der Waals surface area contributed by atoms with Crippen molar-refractivity contribution in [3.63, 3.8) is 0 Å². The van der Waals surface area contributed by atoms with Crippen LogP contribution in [0.3, 0.4) is 0 Å². The van der Waals surface area contributed by atoms with Crippen LogP contribution in [0, 0.1) is 0 Å². The SMILES string of the molecule is CC1CCC(O)CN1CC(N)=S. The van der Waals surface area contributed by atoms with Gasteiger partial charge in [0.2, 0.25) is 0 Å². The Morgan fingerprint density at radius 3 is 2.92 bits per heavy atom. The van der Waals surface area contributed by atoms with E-state index in [2.05, 4.69) is 11.8 Å². The first-order valence-electron chi connectivity index (χ1n) is 4.30. The predicted octanol–water partition coefficient (Wildman–Crippen LogP) is 0.118. The van der Waals surface area contributed by atoms with Crippen molar-refractivity contribution in [1.29, 1.82) is 0 Å². The number of thiocarbonyl (C=S) groups is 1. The molecule has 0 aromatic rings. The molecule has 1 fully saturated rings. The number of aliphatic hydroxyl groups excluding tert-OH is 1. The highest BCUT2D eigenvalue weighted by atomic mass is 32.1. The van der Waals surface area contributed by atoms with E-state index in [0.29, 0.717) is 24.1 Å². The first-order chi connectivity index (χ1) is 5.59. The van der Waals surface area contributed by atoms with Crippen LogP contribution in [-0.4, -0.2) is 40.2 Å². The monoisotopic (exact) mass is 188 g/mol. The smallest absolute Gasteiger partial charge is 0.0870 e. The molecule has 0 spiro atoms. The van der Waals surface area contributed by atoms with Crippen LogP contribution in [0.4, 0.5) is 0 Å². The molecule has 0 aliphatic carbocycles. The van der Waals surface area contributed by atoms with Gasteiger partial charge in [0.15, 0.2) is 0 Å². The van der Waals surface area contributed by atoms with Crippen LogP contribution in [0.15, 0.2) is 0 Å². The zero-order valence-electron chi connectivity index (χ0n) is 7.36. The molecule has 0 bridgehead atoms. The molecule has 70 valence electrons. The second-order valence-electron chi connectivity index (χ2n) is 3.48. The van der Waals surface area contributed by atoms with Gasteiger partial charge in [-0.2, -0.15) is 0 Å². The molecule has 0 saturated carbocycles. The maximum absolute atomic E-state index is 9.38. The van der Waals surface area contributed by atoms with Gasteiger partial charge in [0, 0.05) is 19.1 Å². The van der Waals surface area contributed by atoms with E-state index in [0.717, 1.165) is 12.8 Å². The fraction of sp³-hybridized carbons (Fsp3) is 0.875. The quantitative estimate of drug-likeness (QED) is 0.604. The lowest BCUT2D eigenvalue weighted by Crippen LogP contribution is -2.47. The molecule has 1 saturated heterocycles. The summed E-state index contributed by atoms with van der Waals surface area (Å²) >= 11 is 4.82. The van der Waals surface area contributed by atoms with Crippen LogP contribution in [-0.2, 0) is 0 Å². The Balaban J connectivity index is 2.43. The first kappa shape index (κ1) is 9.89. The highest BCUT2D eigenvalue weighted by Crippen LogP contribution is 2.16. The third-order valence-electron chi connectivity index (χ3n) is 2.35. The summed E-state index contributed by atoms with van der Waals surface area (Å²) in [4.78, 5) is 2.65.